The van der Waals surface area contributed by atoms with Crippen molar-refractivity contribution in [2.75, 3.05) is 11.9 Å². The number of halogens is 2. The van der Waals surface area contributed by atoms with E-state index in [0.717, 1.165) is 5.69 Å². The molecule has 0 amide bonds. The first-order valence-corrected chi connectivity index (χ1v) is 6.62. The Hall–Kier alpha value is -2.27. The number of amidine groups is 1. The van der Waals surface area contributed by atoms with Crippen molar-refractivity contribution in [2.24, 2.45) is 10.9 Å². The summed E-state index contributed by atoms with van der Waals surface area (Å²) >= 11 is 5.74. The minimum atomic E-state index is -0.365. The van der Waals surface area contributed by atoms with Crippen LogP contribution in [0.3, 0.4) is 0 Å². The Morgan fingerprint density at radius 1 is 1.33 bits per heavy atom. The van der Waals surface area contributed by atoms with Crippen LogP contribution in [0.4, 0.5) is 10.1 Å². The van der Waals surface area contributed by atoms with Gasteiger partial charge in [-0.15, -0.1) is 0 Å². The fourth-order valence-corrected chi connectivity index (χ4v) is 2.23. The third-order valence-corrected chi connectivity index (χ3v) is 3.36. The summed E-state index contributed by atoms with van der Waals surface area (Å²) in [5, 5.41) is 12.2. The molecule has 0 heterocycles. The van der Waals surface area contributed by atoms with Crippen LogP contribution in [0.1, 0.15) is 11.1 Å². The first kappa shape index (κ1) is 15.1. The third-order valence-electron chi connectivity index (χ3n) is 3.12. The molecule has 2 aromatic carbocycles. The fourth-order valence-electron chi connectivity index (χ4n) is 2.07. The van der Waals surface area contributed by atoms with E-state index >= 15 is 0 Å². The maximum atomic E-state index is 13.9. The second kappa shape index (κ2) is 6.45. The van der Waals surface area contributed by atoms with Crippen LogP contribution >= 0.6 is 11.6 Å². The Morgan fingerprint density at radius 2 is 2.05 bits per heavy atom. The van der Waals surface area contributed by atoms with E-state index in [-0.39, 0.29) is 11.7 Å². The molecular formula is C15H15ClFN3O. The monoisotopic (exact) mass is 307 g/mol. The van der Waals surface area contributed by atoms with Gasteiger partial charge in [-0.3, -0.25) is 0 Å². The summed E-state index contributed by atoms with van der Waals surface area (Å²) in [6.45, 7) is 0.332. The van der Waals surface area contributed by atoms with E-state index < -0.39 is 0 Å². The zero-order chi connectivity index (χ0) is 15.4. The van der Waals surface area contributed by atoms with Crippen LogP contribution in [0.2, 0.25) is 5.02 Å². The normalized spacial score (nSPS) is 11.5. The van der Waals surface area contributed by atoms with Crippen LogP contribution in [0, 0.1) is 5.82 Å². The Kier molecular flexibility index (Phi) is 4.65. The van der Waals surface area contributed by atoms with Gasteiger partial charge in [0.2, 0.25) is 0 Å². The van der Waals surface area contributed by atoms with Gasteiger partial charge in [-0.2, -0.15) is 0 Å². The SMILES string of the molecule is CN(Cc1ccc(Cl)cc1F)c1ccccc1/C(N)=N/O. The van der Waals surface area contributed by atoms with Crippen molar-refractivity contribution >= 4 is 23.1 Å². The van der Waals surface area contributed by atoms with E-state index in [1.165, 1.54) is 6.07 Å². The van der Waals surface area contributed by atoms with Gasteiger partial charge >= 0.3 is 0 Å². The quantitative estimate of drug-likeness (QED) is 0.394. The Bertz CT molecular complexity index is 676. The number of para-hydroxylation sites is 1. The highest BCUT2D eigenvalue weighted by Gasteiger charge is 2.12. The third kappa shape index (κ3) is 3.44. The lowest BCUT2D eigenvalue weighted by Gasteiger charge is -2.22. The van der Waals surface area contributed by atoms with E-state index in [1.54, 1.807) is 31.3 Å². The average molecular weight is 308 g/mol. The summed E-state index contributed by atoms with van der Waals surface area (Å²) in [6.07, 6.45) is 0. The molecule has 0 aliphatic rings. The van der Waals surface area contributed by atoms with Gasteiger partial charge in [0.15, 0.2) is 5.84 Å². The van der Waals surface area contributed by atoms with Gasteiger partial charge in [0.25, 0.3) is 0 Å². The van der Waals surface area contributed by atoms with Crippen molar-refractivity contribution in [1.82, 2.24) is 0 Å². The van der Waals surface area contributed by atoms with Crippen LogP contribution in [-0.4, -0.2) is 18.1 Å². The van der Waals surface area contributed by atoms with E-state index in [2.05, 4.69) is 5.16 Å². The highest BCUT2D eigenvalue weighted by atomic mass is 35.5. The maximum absolute atomic E-state index is 13.9. The highest BCUT2D eigenvalue weighted by Crippen LogP contribution is 2.22. The Balaban J connectivity index is 2.30. The van der Waals surface area contributed by atoms with Gasteiger partial charge in [0.05, 0.1) is 0 Å². The summed E-state index contributed by atoms with van der Waals surface area (Å²) in [7, 11) is 1.80. The minimum absolute atomic E-state index is 0.00836. The summed E-state index contributed by atoms with van der Waals surface area (Å²) < 4.78 is 13.9. The summed E-state index contributed by atoms with van der Waals surface area (Å²) in [5.74, 6) is -0.357. The first-order valence-electron chi connectivity index (χ1n) is 6.25. The number of anilines is 1. The predicted octanol–water partition coefficient (Wildman–Crippen LogP) is 3.21. The largest absolute Gasteiger partial charge is 0.409 e. The molecule has 0 aromatic heterocycles. The molecule has 0 bridgehead atoms. The minimum Gasteiger partial charge on any atom is -0.409 e. The molecule has 0 saturated carbocycles. The van der Waals surface area contributed by atoms with E-state index in [9.17, 15) is 4.39 Å². The van der Waals surface area contributed by atoms with E-state index in [0.29, 0.717) is 22.7 Å². The highest BCUT2D eigenvalue weighted by molar-refractivity contribution is 6.30. The standard InChI is InChI=1S/C15H15ClFN3O/c1-20(9-10-6-7-11(16)8-13(10)17)14-5-3-2-4-12(14)15(18)19-21/h2-8,21H,9H2,1H3,(H2,18,19). The van der Waals surface area contributed by atoms with Gasteiger partial charge in [-0.25, -0.2) is 4.39 Å². The van der Waals surface area contributed by atoms with E-state index in [1.807, 2.05) is 17.0 Å². The van der Waals surface area contributed by atoms with Gasteiger partial charge in [-0.1, -0.05) is 35.0 Å². The molecule has 0 atom stereocenters. The molecule has 6 heteroatoms. The van der Waals surface area contributed by atoms with Gasteiger partial charge in [0.1, 0.15) is 5.82 Å². The average Bonchev–Trinajstić information content (AvgIpc) is 2.49. The predicted molar refractivity (Wildman–Crippen MR) is 82.5 cm³/mol. The summed E-state index contributed by atoms with van der Waals surface area (Å²) in [6, 6.07) is 11.7. The number of benzene rings is 2. The van der Waals surface area contributed by atoms with Crippen LogP contribution in [0.5, 0.6) is 0 Å². The van der Waals surface area contributed by atoms with Gasteiger partial charge in [-0.05, 0) is 24.3 Å². The van der Waals surface area contributed by atoms with Gasteiger partial charge < -0.3 is 15.8 Å². The van der Waals surface area contributed by atoms with Crippen LogP contribution in [0.25, 0.3) is 0 Å². The number of hydrogen-bond donors (Lipinski definition) is 2. The number of nitrogens with two attached hydrogens (primary N) is 1. The van der Waals surface area contributed by atoms with Crippen LogP contribution < -0.4 is 10.6 Å². The van der Waals surface area contributed by atoms with Crippen molar-refractivity contribution in [3.8, 4) is 0 Å². The zero-order valence-electron chi connectivity index (χ0n) is 11.4. The molecule has 0 aliphatic heterocycles. The molecule has 0 radical (unpaired) electrons. The molecule has 0 saturated heterocycles. The smallest absolute Gasteiger partial charge is 0.172 e. The molecule has 0 spiro atoms. The molecule has 0 aliphatic carbocycles. The molecular weight excluding hydrogens is 293 g/mol. The maximum Gasteiger partial charge on any atom is 0.172 e. The molecule has 2 rings (SSSR count). The lowest BCUT2D eigenvalue weighted by atomic mass is 10.1. The molecule has 0 fully saturated rings. The van der Waals surface area contributed by atoms with Crippen molar-refractivity contribution in [2.45, 2.75) is 6.54 Å². The van der Waals surface area contributed by atoms with Crippen LogP contribution in [0.15, 0.2) is 47.6 Å². The van der Waals surface area contributed by atoms with Gasteiger partial charge in [0, 0.05) is 35.4 Å². The number of hydrogen-bond acceptors (Lipinski definition) is 3. The van der Waals surface area contributed by atoms with Crippen molar-refractivity contribution in [3.63, 3.8) is 0 Å². The molecule has 4 nitrogen and oxygen atoms in total. The summed E-state index contributed by atoms with van der Waals surface area (Å²) in [4.78, 5) is 1.82. The molecule has 3 N–H and O–H groups in total. The number of rotatable bonds is 4. The van der Waals surface area contributed by atoms with Crippen molar-refractivity contribution in [1.29, 1.82) is 0 Å². The second-order valence-corrected chi connectivity index (χ2v) is 5.03. The fraction of sp³-hybridized carbons (Fsp3) is 0.133. The molecule has 21 heavy (non-hydrogen) atoms. The Morgan fingerprint density at radius 3 is 2.71 bits per heavy atom. The lowest BCUT2D eigenvalue weighted by molar-refractivity contribution is 0.318. The molecule has 0 unspecified atom stereocenters. The molecule has 2 aromatic rings. The molecule has 110 valence electrons. The Labute approximate surface area is 127 Å². The number of oxime groups is 1. The van der Waals surface area contributed by atoms with Crippen molar-refractivity contribution in [3.05, 3.63) is 64.4 Å². The summed E-state index contributed by atoms with van der Waals surface area (Å²) in [5.41, 5.74) is 7.49. The number of nitrogens with zero attached hydrogens (tertiary/aromatic N) is 2. The van der Waals surface area contributed by atoms with E-state index in [4.69, 9.17) is 22.5 Å². The first-order chi connectivity index (χ1) is 10.0. The second-order valence-electron chi connectivity index (χ2n) is 4.59. The lowest BCUT2D eigenvalue weighted by Crippen LogP contribution is -2.23. The van der Waals surface area contributed by atoms with Crippen LogP contribution in [-0.2, 0) is 6.54 Å². The topological polar surface area (TPSA) is 61.8 Å². The van der Waals surface area contributed by atoms with Crippen molar-refractivity contribution < 1.29 is 9.60 Å². The zero-order valence-corrected chi connectivity index (χ0v) is 12.2.